The van der Waals surface area contributed by atoms with Gasteiger partial charge in [-0.25, -0.2) is 14.4 Å². The molecule has 0 unspecified atom stereocenters. The molecule has 2 fully saturated rings. The predicted molar refractivity (Wildman–Crippen MR) is 151 cm³/mol. The number of methoxy groups -OCH3 is 1. The van der Waals surface area contributed by atoms with Crippen LogP contribution in [0.15, 0.2) is 48.7 Å². The van der Waals surface area contributed by atoms with E-state index >= 15 is 0 Å². The molecule has 0 atom stereocenters. The highest BCUT2D eigenvalue weighted by molar-refractivity contribution is 5.67. The second kappa shape index (κ2) is 17.1. The third kappa shape index (κ3) is 8.44. The van der Waals surface area contributed by atoms with Crippen molar-refractivity contribution in [1.29, 1.82) is 0 Å². The number of alkyl halides is 2. The third-order valence-corrected chi connectivity index (χ3v) is 6.00. The van der Waals surface area contributed by atoms with Crippen LogP contribution in [0.1, 0.15) is 13.8 Å². The first-order chi connectivity index (χ1) is 19.2. The SMILES string of the molecule is CC.CF.CF.COc1cccc(-c2cc(N3CCN(c4ncccc4F)CC3)nc(N3CCOCC3)n2)c1. The van der Waals surface area contributed by atoms with E-state index in [1.165, 1.54) is 6.07 Å². The fraction of sp³-hybridized carbons (Fsp3) is 0.464. The van der Waals surface area contributed by atoms with Gasteiger partial charge in [0, 0.05) is 57.1 Å². The summed E-state index contributed by atoms with van der Waals surface area (Å²) in [6.45, 7) is 9.60. The van der Waals surface area contributed by atoms with Crippen LogP contribution in [-0.4, -0.2) is 88.9 Å². The van der Waals surface area contributed by atoms with Crippen LogP contribution < -0.4 is 19.4 Å². The van der Waals surface area contributed by atoms with Gasteiger partial charge in [0.25, 0.3) is 0 Å². The van der Waals surface area contributed by atoms with E-state index in [4.69, 9.17) is 19.4 Å². The van der Waals surface area contributed by atoms with Gasteiger partial charge in [0.1, 0.15) is 11.6 Å². The maximum atomic E-state index is 14.2. The summed E-state index contributed by atoms with van der Waals surface area (Å²) >= 11 is 0. The molecule has 2 aliphatic heterocycles. The average Bonchev–Trinajstić information content (AvgIpc) is 3.04. The van der Waals surface area contributed by atoms with Crippen LogP contribution in [0.2, 0.25) is 0 Å². The molecule has 5 rings (SSSR count). The van der Waals surface area contributed by atoms with Crippen LogP contribution in [0.5, 0.6) is 5.75 Å². The molecule has 1 aromatic carbocycles. The quantitative estimate of drug-likeness (QED) is 0.439. The summed E-state index contributed by atoms with van der Waals surface area (Å²) in [4.78, 5) is 20.4. The molecule has 0 amide bonds. The van der Waals surface area contributed by atoms with Crippen LogP contribution in [0, 0.1) is 5.82 Å². The highest BCUT2D eigenvalue weighted by Gasteiger charge is 2.24. The third-order valence-electron chi connectivity index (χ3n) is 6.00. The van der Waals surface area contributed by atoms with E-state index in [-0.39, 0.29) is 5.82 Å². The Kier molecular flexibility index (Phi) is 13.8. The molecule has 0 N–H and O–H groups in total. The Balaban J connectivity index is 0.000000833. The van der Waals surface area contributed by atoms with Gasteiger partial charge in [-0.1, -0.05) is 26.0 Å². The van der Waals surface area contributed by atoms with Gasteiger partial charge < -0.3 is 24.2 Å². The van der Waals surface area contributed by atoms with Gasteiger partial charge in [0.05, 0.1) is 40.4 Å². The highest BCUT2D eigenvalue weighted by Crippen LogP contribution is 2.29. The Morgan fingerprint density at radius 2 is 1.46 bits per heavy atom. The molecule has 2 saturated heterocycles. The van der Waals surface area contributed by atoms with Crippen LogP contribution in [0.25, 0.3) is 11.3 Å². The summed E-state index contributed by atoms with van der Waals surface area (Å²) in [5.74, 6) is 2.47. The molecule has 3 aromatic rings. The molecular weight excluding hydrogens is 509 g/mol. The molecule has 0 saturated carbocycles. The normalized spacial score (nSPS) is 14.6. The van der Waals surface area contributed by atoms with Crippen molar-refractivity contribution in [3.8, 4) is 17.0 Å². The lowest BCUT2D eigenvalue weighted by Gasteiger charge is -2.36. The Hall–Kier alpha value is -3.60. The van der Waals surface area contributed by atoms with Crippen LogP contribution in [-0.2, 0) is 4.74 Å². The minimum absolute atomic E-state index is 0.289. The lowest BCUT2D eigenvalue weighted by Crippen LogP contribution is -2.47. The minimum Gasteiger partial charge on any atom is -0.497 e. The lowest BCUT2D eigenvalue weighted by atomic mass is 10.1. The second-order valence-electron chi connectivity index (χ2n) is 8.03. The fourth-order valence-electron chi connectivity index (χ4n) is 4.18. The standard InChI is InChI=1S/C24H27FN6O2.C2H6.2CH3F/c1-32-19-5-2-4-18(16-19)21-17-22(28-24(27-21)31-12-14-33-15-13-31)29-8-10-30(11-9-29)23-20(25)6-3-7-26-23;3*1-2/h2-7,16-17H,8-15H2,1H3;1-2H3;2*1H3. The van der Waals surface area contributed by atoms with Gasteiger partial charge in [-0.05, 0) is 24.3 Å². The number of piperazine rings is 1. The molecule has 8 nitrogen and oxygen atoms in total. The summed E-state index contributed by atoms with van der Waals surface area (Å²) in [5.41, 5.74) is 1.82. The first-order valence-corrected chi connectivity index (χ1v) is 12.9. The molecule has 11 heteroatoms. The summed E-state index contributed by atoms with van der Waals surface area (Å²) < 4.78 is 44.1. The monoisotopic (exact) mass is 548 g/mol. The number of ether oxygens (including phenoxy) is 2. The molecule has 0 spiro atoms. The smallest absolute Gasteiger partial charge is 0.228 e. The first kappa shape index (κ1) is 31.6. The largest absolute Gasteiger partial charge is 0.497 e. The van der Waals surface area contributed by atoms with Crippen molar-refractivity contribution in [3.05, 3.63) is 54.5 Å². The zero-order valence-electron chi connectivity index (χ0n) is 23.4. The zero-order valence-corrected chi connectivity index (χ0v) is 23.4. The molecular formula is C28H39F3N6O2. The van der Waals surface area contributed by atoms with Crippen molar-refractivity contribution in [3.63, 3.8) is 0 Å². The van der Waals surface area contributed by atoms with Crippen molar-refractivity contribution >= 4 is 17.6 Å². The first-order valence-electron chi connectivity index (χ1n) is 12.9. The molecule has 0 radical (unpaired) electrons. The highest BCUT2D eigenvalue weighted by atomic mass is 19.1. The number of morpholine rings is 1. The van der Waals surface area contributed by atoms with Crippen LogP contribution in [0.4, 0.5) is 30.8 Å². The van der Waals surface area contributed by atoms with E-state index in [9.17, 15) is 13.2 Å². The van der Waals surface area contributed by atoms with E-state index < -0.39 is 0 Å². The van der Waals surface area contributed by atoms with Crippen molar-refractivity contribution in [2.24, 2.45) is 0 Å². The van der Waals surface area contributed by atoms with Gasteiger partial charge in [-0.2, -0.15) is 4.98 Å². The van der Waals surface area contributed by atoms with Crippen molar-refractivity contribution in [2.75, 3.05) is 88.6 Å². The number of anilines is 3. The van der Waals surface area contributed by atoms with E-state index in [1.54, 1.807) is 19.4 Å². The molecule has 214 valence electrons. The number of halogens is 3. The Morgan fingerprint density at radius 1 is 0.795 bits per heavy atom. The number of rotatable bonds is 5. The number of benzene rings is 1. The molecule has 2 aromatic heterocycles. The zero-order chi connectivity index (χ0) is 28.6. The Bertz CT molecular complexity index is 1110. The van der Waals surface area contributed by atoms with Gasteiger partial charge in [-0.3, -0.25) is 8.78 Å². The van der Waals surface area contributed by atoms with Crippen molar-refractivity contribution < 1.29 is 22.6 Å². The molecule has 2 aliphatic rings. The van der Waals surface area contributed by atoms with Crippen molar-refractivity contribution in [1.82, 2.24) is 15.0 Å². The van der Waals surface area contributed by atoms with Gasteiger partial charge >= 0.3 is 0 Å². The topological polar surface area (TPSA) is 66.9 Å². The van der Waals surface area contributed by atoms with E-state index in [2.05, 4.69) is 14.8 Å². The number of hydrogen-bond donors (Lipinski definition) is 0. The Morgan fingerprint density at radius 3 is 2.10 bits per heavy atom. The summed E-state index contributed by atoms with van der Waals surface area (Å²) in [5, 5.41) is 0. The number of nitrogens with zero attached hydrogens (tertiary/aromatic N) is 6. The van der Waals surface area contributed by atoms with Gasteiger partial charge in [0.2, 0.25) is 5.95 Å². The van der Waals surface area contributed by atoms with Gasteiger partial charge in [0.15, 0.2) is 11.6 Å². The van der Waals surface area contributed by atoms with Gasteiger partial charge in [-0.15, -0.1) is 0 Å². The van der Waals surface area contributed by atoms with Crippen LogP contribution in [0.3, 0.4) is 0 Å². The van der Waals surface area contributed by atoms with E-state index in [1.807, 2.05) is 49.1 Å². The lowest BCUT2D eigenvalue weighted by molar-refractivity contribution is 0.122. The van der Waals surface area contributed by atoms with Crippen molar-refractivity contribution in [2.45, 2.75) is 13.8 Å². The van der Waals surface area contributed by atoms with Crippen LogP contribution >= 0.6 is 0 Å². The minimum atomic E-state index is -0.289. The Labute approximate surface area is 229 Å². The summed E-state index contributed by atoms with van der Waals surface area (Å²) in [6.07, 6.45) is 1.63. The summed E-state index contributed by atoms with van der Waals surface area (Å²) in [6, 6.07) is 13.0. The molecule has 0 aliphatic carbocycles. The number of aromatic nitrogens is 3. The molecule has 39 heavy (non-hydrogen) atoms. The maximum Gasteiger partial charge on any atom is 0.228 e. The fourth-order valence-corrected chi connectivity index (χ4v) is 4.18. The maximum absolute atomic E-state index is 14.2. The molecule has 4 heterocycles. The second-order valence-corrected chi connectivity index (χ2v) is 8.03. The number of hydrogen-bond acceptors (Lipinski definition) is 8. The van der Waals surface area contributed by atoms with E-state index in [0.29, 0.717) is 65.5 Å². The predicted octanol–water partition coefficient (Wildman–Crippen LogP) is 5.05. The average molecular weight is 549 g/mol. The molecule has 0 bridgehead atoms. The summed E-state index contributed by atoms with van der Waals surface area (Å²) in [7, 11) is 2.66. The number of pyridine rings is 1. The van der Waals surface area contributed by atoms with E-state index in [0.717, 1.165) is 35.9 Å².